The third-order valence-corrected chi connectivity index (χ3v) is 4.43. The molecular weight excluding hydrogens is 308 g/mol. The fourth-order valence-electron chi connectivity index (χ4n) is 2.97. The van der Waals surface area contributed by atoms with Crippen LogP contribution in [0, 0.1) is 19.8 Å². The zero-order valence-electron chi connectivity index (χ0n) is 13.8. The molecule has 0 unspecified atom stereocenters. The minimum Gasteiger partial charge on any atom is -0.481 e. The number of nitrogens with zero attached hydrogens (tertiary/aromatic N) is 4. The van der Waals surface area contributed by atoms with Gasteiger partial charge in [0.25, 0.3) is 5.91 Å². The van der Waals surface area contributed by atoms with Crippen molar-refractivity contribution >= 4 is 11.9 Å². The highest BCUT2D eigenvalue weighted by molar-refractivity contribution is 5.93. The Morgan fingerprint density at radius 2 is 1.92 bits per heavy atom. The van der Waals surface area contributed by atoms with Crippen molar-refractivity contribution in [3.8, 4) is 5.69 Å². The number of carbonyl (C=O) groups is 2. The van der Waals surface area contributed by atoms with Gasteiger partial charge in [0, 0.05) is 13.1 Å². The van der Waals surface area contributed by atoms with Crippen LogP contribution in [-0.2, 0) is 4.79 Å². The molecule has 1 aromatic heterocycles. The van der Waals surface area contributed by atoms with Crippen molar-refractivity contribution in [1.29, 1.82) is 0 Å². The lowest BCUT2D eigenvalue weighted by Gasteiger charge is -2.30. The lowest BCUT2D eigenvalue weighted by atomic mass is 9.98. The highest BCUT2D eigenvalue weighted by atomic mass is 16.4. The average molecular weight is 328 g/mol. The highest BCUT2D eigenvalue weighted by Gasteiger charge is 2.31. The van der Waals surface area contributed by atoms with Gasteiger partial charge in [0.2, 0.25) is 0 Å². The lowest BCUT2D eigenvalue weighted by molar-refractivity contribution is -0.143. The summed E-state index contributed by atoms with van der Waals surface area (Å²) >= 11 is 0. The van der Waals surface area contributed by atoms with E-state index in [2.05, 4.69) is 10.3 Å². The maximum atomic E-state index is 12.7. The average Bonchev–Trinajstić information content (AvgIpc) is 2.96. The Hall–Kier alpha value is -2.70. The molecule has 24 heavy (non-hydrogen) atoms. The number of aliphatic carboxylic acids is 1. The second-order valence-corrected chi connectivity index (χ2v) is 6.20. The van der Waals surface area contributed by atoms with E-state index >= 15 is 0 Å². The minimum absolute atomic E-state index is 0.227. The molecule has 1 fully saturated rings. The quantitative estimate of drug-likeness (QED) is 0.928. The zero-order chi connectivity index (χ0) is 17.3. The van der Waals surface area contributed by atoms with Crippen LogP contribution in [-0.4, -0.2) is 50.0 Å². The van der Waals surface area contributed by atoms with E-state index in [-0.39, 0.29) is 18.1 Å². The zero-order valence-corrected chi connectivity index (χ0v) is 13.8. The first-order valence-corrected chi connectivity index (χ1v) is 7.99. The van der Waals surface area contributed by atoms with Crippen molar-refractivity contribution < 1.29 is 14.7 Å². The van der Waals surface area contributed by atoms with Gasteiger partial charge >= 0.3 is 5.97 Å². The molecule has 1 N–H and O–H groups in total. The van der Waals surface area contributed by atoms with Crippen molar-refractivity contribution in [3.63, 3.8) is 0 Å². The first-order chi connectivity index (χ1) is 11.5. The molecule has 0 saturated carbocycles. The van der Waals surface area contributed by atoms with E-state index in [1.807, 2.05) is 31.2 Å². The fourth-order valence-corrected chi connectivity index (χ4v) is 2.97. The number of hydrogen-bond donors (Lipinski definition) is 1. The maximum Gasteiger partial charge on any atom is 0.308 e. The molecule has 126 valence electrons. The summed E-state index contributed by atoms with van der Waals surface area (Å²) < 4.78 is 1.63. The molecule has 3 rings (SSSR count). The van der Waals surface area contributed by atoms with Crippen LogP contribution in [0.25, 0.3) is 5.69 Å². The van der Waals surface area contributed by atoms with Gasteiger partial charge in [-0.25, -0.2) is 4.68 Å². The lowest BCUT2D eigenvalue weighted by Crippen LogP contribution is -2.42. The Morgan fingerprint density at radius 3 is 2.58 bits per heavy atom. The molecule has 0 aliphatic carbocycles. The largest absolute Gasteiger partial charge is 0.481 e. The van der Waals surface area contributed by atoms with Crippen LogP contribution >= 0.6 is 0 Å². The summed E-state index contributed by atoms with van der Waals surface area (Å²) in [5.41, 5.74) is 2.91. The third kappa shape index (κ3) is 3.02. The number of carbonyl (C=O) groups excluding carboxylic acids is 1. The van der Waals surface area contributed by atoms with E-state index < -0.39 is 11.9 Å². The maximum absolute atomic E-state index is 12.7. The molecule has 0 spiro atoms. The molecule has 7 nitrogen and oxygen atoms in total. The summed E-state index contributed by atoms with van der Waals surface area (Å²) in [6, 6.07) is 7.79. The molecule has 1 saturated heterocycles. The first-order valence-electron chi connectivity index (χ1n) is 7.99. The molecular formula is C17H20N4O3. The van der Waals surface area contributed by atoms with Gasteiger partial charge in [-0.05, 0) is 38.8 Å². The smallest absolute Gasteiger partial charge is 0.308 e. The second kappa shape index (κ2) is 6.43. The third-order valence-electron chi connectivity index (χ3n) is 4.43. The summed E-state index contributed by atoms with van der Waals surface area (Å²) in [5.74, 6) is -1.61. The van der Waals surface area contributed by atoms with E-state index in [0.29, 0.717) is 25.1 Å². The van der Waals surface area contributed by atoms with Crippen molar-refractivity contribution in [3.05, 3.63) is 41.2 Å². The van der Waals surface area contributed by atoms with Crippen molar-refractivity contribution in [1.82, 2.24) is 19.9 Å². The number of amides is 1. The van der Waals surface area contributed by atoms with Crippen LogP contribution in [0.4, 0.5) is 0 Å². The van der Waals surface area contributed by atoms with Gasteiger partial charge < -0.3 is 10.0 Å². The number of hydrogen-bond acceptors (Lipinski definition) is 4. The molecule has 1 atom stereocenters. The summed E-state index contributed by atoms with van der Waals surface area (Å²) in [6.07, 6.45) is 1.29. The van der Waals surface area contributed by atoms with Crippen molar-refractivity contribution in [2.45, 2.75) is 26.7 Å². The summed E-state index contributed by atoms with van der Waals surface area (Å²) in [6.45, 7) is 4.58. The molecule has 1 amide bonds. The van der Waals surface area contributed by atoms with E-state index in [0.717, 1.165) is 11.3 Å². The molecule has 7 heteroatoms. The van der Waals surface area contributed by atoms with E-state index in [9.17, 15) is 9.59 Å². The minimum atomic E-state index is -0.854. The van der Waals surface area contributed by atoms with Crippen LogP contribution in [0.2, 0.25) is 0 Å². The molecule has 2 aromatic rings. The number of benzene rings is 1. The molecule has 1 aliphatic heterocycles. The number of carboxylic acids is 1. The monoisotopic (exact) mass is 328 g/mol. The van der Waals surface area contributed by atoms with Gasteiger partial charge in [-0.2, -0.15) is 0 Å². The first kappa shape index (κ1) is 16.2. The van der Waals surface area contributed by atoms with Crippen LogP contribution in [0.1, 0.15) is 34.6 Å². The van der Waals surface area contributed by atoms with Gasteiger partial charge in [-0.3, -0.25) is 9.59 Å². The van der Waals surface area contributed by atoms with Gasteiger partial charge in [-0.1, -0.05) is 22.9 Å². The molecule has 1 aromatic carbocycles. The van der Waals surface area contributed by atoms with E-state index in [1.54, 1.807) is 16.5 Å². The Bertz CT molecular complexity index is 767. The van der Waals surface area contributed by atoms with Gasteiger partial charge in [0.15, 0.2) is 5.69 Å². The molecule has 0 bridgehead atoms. The van der Waals surface area contributed by atoms with Gasteiger partial charge in [0.05, 0.1) is 17.3 Å². The number of carboxylic acid groups (broad SMARTS) is 1. The second-order valence-electron chi connectivity index (χ2n) is 6.20. The van der Waals surface area contributed by atoms with Crippen LogP contribution in [0.3, 0.4) is 0 Å². The number of aromatic nitrogens is 3. The van der Waals surface area contributed by atoms with Crippen molar-refractivity contribution in [2.24, 2.45) is 5.92 Å². The van der Waals surface area contributed by atoms with Crippen molar-refractivity contribution in [2.75, 3.05) is 13.1 Å². The Labute approximate surface area is 139 Å². The number of likely N-dealkylation sites (tertiary alicyclic amines) is 1. The van der Waals surface area contributed by atoms with Gasteiger partial charge in [-0.15, -0.1) is 5.10 Å². The topological polar surface area (TPSA) is 88.3 Å². The fraction of sp³-hybridized carbons (Fsp3) is 0.412. The highest BCUT2D eigenvalue weighted by Crippen LogP contribution is 2.20. The Morgan fingerprint density at radius 1 is 1.21 bits per heavy atom. The molecule has 1 aliphatic rings. The Kier molecular flexibility index (Phi) is 4.33. The molecule has 2 heterocycles. The van der Waals surface area contributed by atoms with Gasteiger partial charge in [0.1, 0.15) is 0 Å². The summed E-state index contributed by atoms with van der Waals surface area (Å²) in [4.78, 5) is 25.4. The normalized spacial score (nSPS) is 17.8. The van der Waals surface area contributed by atoms with Crippen LogP contribution < -0.4 is 0 Å². The van der Waals surface area contributed by atoms with E-state index in [4.69, 9.17) is 5.11 Å². The standard InChI is InChI=1S/C17H20N4O3/c1-11-5-7-14(8-6-11)21-12(2)15(18-19-21)16(22)20-9-3-4-13(10-20)17(23)24/h5-8,13H,3-4,9-10H2,1-2H3,(H,23,24)/t13-/m0/s1. The number of rotatable bonds is 3. The van der Waals surface area contributed by atoms with E-state index in [1.165, 1.54) is 0 Å². The predicted octanol–water partition coefficient (Wildman–Crippen LogP) is 1.82. The number of aryl methyl sites for hydroxylation is 1. The van der Waals surface area contributed by atoms with Crippen LogP contribution in [0.5, 0.6) is 0 Å². The summed E-state index contributed by atoms with van der Waals surface area (Å²) in [5, 5.41) is 17.3. The number of piperidine rings is 1. The summed E-state index contributed by atoms with van der Waals surface area (Å²) in [7, 11) is 0. The molecule has 0 radical (unpaired) electrons. The Balaban J connectivity index is 1.83. The predicted molar refractivity (Wildman–Crippen MR) is 87.1 cm³/mol. The SMILES string of the molecule is Cc1ccc(-n2nnc(C(=O)N3CCC[C@H](C(=O)O)C3)c2C)cc1. The van der Waals surface area contributed by atoms with Crippen LogP contribution in [0.15, 0.2) is 24.3 Å².